The molecular weight excluding hydrogens is 519 g/mol. The number of benzene rings is 3. The van der Waals surface area contributed by atoms with Crippen molar-refractivity contribution in [3.8, 4) is 0 Å². The van der Waals surface area contributed by atoms with Gasteiger partial charge in [0.25, 0.3) is 5.91 Å². The van der Waals surface area contributed by atoms with E-state index < -0.39 is 6.03 Å². The minimum Gasteiger partial charge on any atom is -0.355 e. The standard InChI is InChI=1S/C30H33FN4O3.ClH/c1-20(36)23-5-3-6-25(18-23)33-30(38)34-28-8-4-7-26(29(37)32-2)27(28)19-35-15-13-22(14-16-35)17-21-9-11-24(31)12-10-21;/h3-12,18,22H,13-17,19H2,1-2H3,(H,32,37)(H2,33,34,38);1H. The highest BCUT2D eigenvalue weighted by Crippen LogP contribution is 2.27. The van der Waals surface area contributed by atoms with Gasteiger partial charge in [-0.15, -0.1) is 12.4 Å². The molecule has 0 saturated carbocycles. The highest BCUT2D eigenvalue weighted by atomic mass is 35.5. The smallest absolute Gasteiger partial charge is 0.323 e. The van der Waals surface area contributed by atoms with E-state index >= 15 is 0 Å². The predicted octanol–water partition coefficient (Wildman–Crippen LogP) is 5.91. The van der Waals surface area contributed by atoms with Crippen LogP contribution in [0.25, 0.3) is 0 Å². The number of carbonyl (C=O) groups is 3. The molecular formula is C30H34ClFN4O3. The molecule has 1 aliphatic heterocycles. The SMILES string of the molecule is CNC(=O)c1cccc(NC(=O)Nc2cccc(C(C)=O)c2)c1CN1CCC(Cc2ccc(F)cc2)CC1.Cl. The Bertz CT molecular complexity index is 1310. The van der Waals surface area contributed by atoms with E-state index in [1.807, 2.05) is 12.1 Å². The molecule has 206 valence electrons. The maximum absolute atomic E-state index is 13.2. The summed E-state index contributed by atoms with van der Waals surface area (Å²) in [7, 11) is 1.59. The molecule has 3 amide bonds. The topological polar surface area (TPSA) is 90.5 Å². The third-order valence-electron chi connectivity index (χ3n) is 6.95. The Morgan fingerprint density at radius 3 is 2.31 bits per heavy atom. The van der Waals surface area contributed by atoms with Crippen molar-refractivity contribution < 1.29 is 18.8 Å². The molecule has 1 fully saturated rings. The Balaban J connectivity index is 0.00000420. The number of rotatable bonds is 8. The number of Topliss-reactive ketones (excluding diaryl/α,β-unsaturated/α-hetero) is 1. The van der Waals surface area contributed by atoms with Crippen molar-refractivity contribution in [1.29, 1.82) is 0 Å². The van der Waals surface area contributed by atoms with E-state index in [1.54, 1.807) is 49.5 Å². The van der Waals surface area contributed by atoms with Gasteiger partial charge in [0, 0.05) is 41.7 Å². The number of ketones is 1. The van der Waals surface area contributed by atoms with Crippen molar-refractivity contribution >= 4 is 41.5 Å². The highest BCUT2D eigenvalue weighted by molar-refractivity contribution is 6.03. The molecule has 3 N–H and O–H groups in total. The number of hydrogen-bond acceptors (Lipinski definition) is 4. The van der Waals surface area contributed by atoms with Gasteiger partial charge in [-0.25, -0.2) is 9.18 Å². The Kier molecular flexibility index (Phi) is 10.6. The average Bonchev–Trinajstić information content (AvgIpc) is 2.91. The lowest BCUT2D eigenvalue weighted by molar-refractivity contribution is 0.0958. The van der Waals surface area contributed by atoms with Gasteiger partial charge < -0.3 is 16.0 Å². The van der Waals surface area contributed by atoms with Crippen LogP contribution in [0.5, 0.6) is 0 Å². The van der Waals surface area contributed by atoms with Crippen molar-refractivity contribution in [3.05, 3.63) is 94.8 Å². The first-order valence-electron chi connectivity index (χ1n) is 12.8. The van der Waals surface area contributed by atoms with Gasteiger partial charge in [-0.3, -0.25) is 14.5 Å². The van der Waals surface area contributed by atoms with Crippen molar-refractivity contribution in [2.75, 3.05) is 30.8 Å². The van der Waals surface area contributed by atoms with Crippen molar-refractivity contribution in [3.63, 3.8) is 0 Å². The van der Waals surface area contributed by atoms with Gasteiger partial charge >= 0.3 is 6.03 Å². The monoisotopic (exact) mass is 552 g/mol. The summed E-state index contributed by atoms with van der Waals surface area (Å²) in [5, 5.41) is 8.35. The van der Waals surface area contributed by atoms with E-state index in [-0.39, 0.29) is 29.9 Å². The molecule has 9 heteroatoms. The third-order valence-corrected chi connectivity index (χ3v) is 6.95. The van der Waals surface area contributed by atoms with E-state index in [4.69, 9.17) is 0 Å². The van der Waals surface area contributed by atoms with Gasteiger partial charge in [0.15, 0.2) is 5.78 Å². The minimum absolute atomic E-state index is 0. The Hall–Kier alpha value is -3.75. The fourth-order valence-corrected chi connectivity index (χ4v) is 4.85. The molecule has 39 heavy (non-hydrogen) atoms. The van der Waals surface area contributed by atoms with Gasteiger partial charge in [0.1, 0.15) is 5.82 Å². The Morgan fingerprint density at radius 2 is 1.64 bits per heavy atom. The maximum Gasteiger partial charge on any atom is 0.323 e. The normalized spacial score (nSPS) is 13.7. The summed E-state index contributed by atoms with van der Waals surface area (Å²) in [6.07, 6.45) is 2.91. The molecule has 3 aromatic carbocycles. The lowest BCUT2D eigenvalue weighted by Crippen LogP contribution is -2.35. The predicted molar refractivity (Wildman–Crippen MR) is 154 cm³/mol. The first-order chi connectivity index (χ1) is 18.3. The first kappa shape index (κ1) is 29.8. The lowest BCUT2D eigenvalue weighted by atomic mass is 9.90. The summed E-state index contributed by atoms with van der Waals surface area (Å²) in [6.45, 7) is 3.71. The number of likely N-dealkylation sites (tertiary alicyclic amines) is 1. The third kappa shape index (κ3) is 8.12. The summed E-state index contributed by atoms with van der Waals surface area (Å²) < 4.78 is 13.2. The second-order valence-corrected chi connectivity index (χ2v) is 9.68. The zero-order valence-electron chi connectivity index (χ0n) is 22.1. The quantitative estimate of drug-likeness (QED) is 0.303. The van der Waals surface area contributed by atoms with Gasteiger partial charge in [-0.2, -0.15) is 0 Å². The van der Waals surface area contributed by atoms with E-state index in [1.165, 1.54) is 19.1 Å². The van der Waals surface area contributed by atoms with Crippen LogP contribution in [0.4, 0.5) is 20.6 Å². The van der Waals surface area contributed by atoms with Crippen molar-refractivity contribution in [2.45, 2.75) is 32.7 Å². The van der Waals surface area contributed by atoms with Gasteiger partial charge in [0.2, 0.25) is 0 Å². The first-order valence-corrected chi connectivity index (χ1v) is 12.8. The van der Waals surface area contributed by atoms with Crippen LogP contribution in [0.15, 0.2) is 66.7 Å². The molecule has 3 aromatic rings. The largest absolute Gasteiger partial charge is 0.355 e. The molecule has 0 unspecified atom stereocenters. The molecule has 7 nitrogen and oxygen atoms in total. The Labute approximate surface area is 234 Å². The Morgan fingerprint density at radius 1 is 0.949 bits per heavy atom. The zero-order chi connectivity index (χ0) is 27.1. The molecule has 0 radical (unpaired) electrons. The van der Waals surface area contributed by atoms with Crippen LogP contribution in [0.1, 0.15) is 51.6 Å². The molecule has 0 aliphatic carbocycles. The molecule has 0 spiro atoms. The number of urea groups is 1. The summed E-state index contributed by atoms with van der Waals surface area (Å²) in [6, 6.07) is 18.3. The van der Waals surface area contributed by atoms with Crippen molar-refractivity contribution in [1.82, 2.24) is 10.2 Å². The molecule has 1 saturated heterocycles. The van der Waals surface area contributed by atoms with Crippen LogP contribution in [-0.2, 0) is 13.0 Å². The number of hydrogen-bond donors (Lipinski definition) is 3. The van der Waals surface area contributed by atoms with Crippen molar-refractivity contribution in [2.24, 2.45) is 5.92 Å². The molecule has 0 aromatic heterocycles. The highest BCUT2D eigenvalue weighted by Gasteiger charge is 2.23. The summed E-state index contributed by atoms with van der Waals surface area (Å²) in [5.74, 6) is -0.0125. The second-order valence-electron chi connectivity index (χ2n) is 9.68. The molecule has 0 bridgehead atoms. The summed E-state index contributed by atoms with van der Waals surface area (Å²) >= 11 is 0. The lowest BCUT2D eigenvalue weighted by Gasteiger charge is -2.33. The minimum atomic E-state index is -0.459. The second kappa shape index (κ2) is 13.9. The van der Waals surface area contributed by atoms with E-state index in [2.05, 4.69) is 20.9 Å². The van der Waals surface area contributed by atoms with Gasteiger partial charge in [-0.1, -0.05) is 30.3 Å². The average molecular weight is 553 g/mol. The van der Waals surface area contributed by atoms with E-state index in [0.717, 1.165) is 43.5 Å². The van der Waals surface area contributed by atoms with Gasteiger partial charge in [-0.05, 0) is 87.2 Å². The molecule has 0 atom stereocenters. The maximum atomic E-state index is 13.2. The van der Waals surface area contributed by atoms with Crippen LogP contribution < -0.4 is 16.0 Å². The number of piperidine rings is 1. The summed E-state index contributed by atoms with van der Waals surface area (Å²) in [5.41, 5.74) is 3.96. The molecule has 1 heterocycles. The molecule has 1 aliphatic rings. The van der Waals surface area contributed by atoms with Crippen LogP contribution in [0.2, 0.25) is 0 Å². The van der Waals surface area contributed by atoms with Crippen LogP contribution in [-0.4, -0.2) is 42.8 Å². The molecule has 4 rings (SSSR count). The van der Waals surface area contributed by atoms with E-state index in [0.29, 0.717) is 35.0 Å². The van der Waals surface area contributed by atoms with Crippen LogP contribution >= 0.6 is 12.4 Å². The van der Waals surface area contributed by atoms with Gasteiger partial charge in [0.05, 0.1) is 0 Å². The van der Waals surface area contributed by atoms with E-state index in [9.17, 15) is 18.8 Å². The number of amides is 3. The fraction of sp³-hybridized carbons (Fsp3) is 0.300. The number of nitrogens with one attached hydrogen (secondary N) is 3. The van der Waals surface area contributed by atoms with Crippen LogP contribution in [0, 0.1) is 11.7 Å². The number of halogens is 2. The summed E-state index contributed by atoms with van der Waals surface area (Å²) in [4.78, 5) is 39.5. The number of nitrogens with zero attached hydrogens (tertiary/aromatic N) is 1. The number of anilines is 2. The fourth-order valence-electron chi connectivity index (χ4n) is 4.85. The number of carbonyl (C=O) groups excluding carboxylic acids is 3. The van der Waals surface area contributed by atoms with Crippen LogP contribution in [0.3, 0.4) is 0 Å². The zero-order valence-corrected chi connectivity index (χ0v) is 22.9.